The van der Waals surface area contributed by atoms with E-state index in [0.717, 1.165) is 11.1 Å². The third-order valence-electron chi connectivity index (χ3n) is 4.52. The molecule has 1 unspecified atom stereocenters. The molecule has 0 bridgehead atoms. The van der Waals surface area contributed by atoms with Gasteiger partial charge in [0.2, 0.25) is 0 Å². The molecule has 132 valence electrons. The molecule has 3 rings (SSSR count). The molecular formula is C20H23NO4. The third-order valence-corrected chi connectivity index (χ3v) is 4.52. The molecule has 1 fully saturated rings. The minimum atomic E-state index is -0.104. The molecule has 1 aliphatic rings. The van der Waals surface area contributed by atoms with Gasteiger partial charge in [-0.15, -0.1) is 0 Å². The van der Waals surface area contributed by atoms with E-state index in [1.54, 1.807) is 26.4 Å². The Morgan fingerprint density at radius 3 is 2.36 bits per heavy atom. The highest BCUT2D eigenvalue weighted by Crippen LogP contribution is 2.31. The molecule has 2 aromatic rings. The monoisotopic (exact) mass is 341 g/mol. The van der Waals surface area contributed by atoms with Crippen LogP contribution in [0, 0.1) is 6.92 Å². The first-order valence-corrected chi connectivity index (χ1v) is 8.32. The van der Waals surface area contributed by atoms with Crippen LogP contribution in [0.5, 0.6) is 11.5 Å². The molecule has 1 amide bonds. The molecule has 0 spiro atoms. The van der Waals surface area contributed by atoms with Crippen molar-refractivity contribution in [2.75, 3.05) is 33.9 Å². The fourth-order valence-corrected chi connectivity index (χ4v) is 3.10. The van der Waals surface area contributed by atoms with Crippen LogP contribution in [0.15, 0.2) is 42.5 Å². The molecule has 1 saturated heterocycles. The zero-order valence-electron chi connectivity index (χ0n) is 14.8. The summed E-state index contributed by atoms with van der Waals surface area (Å²) in [4.78, 5) is 14.8. The van der Waals surface area contributed by atoms with Crippen molar-refractivity contribution < 1.29 is 19.0 Å². The molecule has 0 N–H and O–H groups in total. The number of ether oxygens (including phenoxy) is 3. The van der Waals surface area contributed by atoms with E-state index in [9.17, 15) is 4.79 Å². The highest BCUT2D eigenvalue weighted by atomic mass is 16.5. The van der Waals surface area contributed by atoms with Crippen molar-refractivity contribution >= 4 is 5.91 Å². The average molecular weight is 341 g/mol. The van der Waals surface area contributed by atoms with Gasteiger partial charge in [0.25, 0.3) is 5.91 Å². The van der Waals surface area contributed by atoms with E-state index in [0.29, 0.717) is 36.8 Å². The van der Waals surface area contributed by atoms with Crippen molar-refractivity contribution in [1.82, 2.24) is 4.90 Å². The number of amides is 1. The Hall–Kier alpha value is -2.53. The second-order valence-electron chi connectivity index (χ2n) is 6.03. The van der Waals surface area contributed by atoms with Crippen LogP contribution in [-0.4, -0.2) is 44.7 Å². The maximum atomic E-state index is 13.0. The van der Waals surface area contributed by atoms with Crippen molar-refractivity contribution in [1.29, 1.82) is 0 Å². The molecule has 25 heavy (non-hydrogen) atoms. The maximum Gasteiger partial charge on any atom is 0.254 e. The van der Waals surface area contributed by atoms with Crippen molar-refractivity contribution in [2.24, 2.45) is 0 Å². The highest BCUT2D eigenvalue weighted by molar-refractivity contribution is 5.95. The van der Waals surface area contributed by atoms with Gasteiger partial charge in [-0.2, -0.15) is 0 Å². The van der Waals surface area contributed by atoms with Crippen molar-refractivity contribution in [2.45, 2.75) is 13.0 Å². The zero-order chi connectivity index (χ0) is 17.8. The summed E-state index contributed by atoms with van der Waals surface area (Å²) in [6, 6.07) is 13.5. The predicted octanol–water partition coefficient (Wildman–Crippen LogP) is 3.23. The second-order valence-corrected chi connectivity index (χ2v) is 6.03. The smallest absolute Gasteiger partial charge is 0.254 e. The number of morpholine rings is 1. The lowest BCUT2D eigenvalue weighted by Crippen LogP contribution is -2.42. The normalized spacial score (nSPS) is 17.2. The van der Waals surface area contributed by atoms with Crippen LogP contribution in [0.2, 0.25) is 0 Å². The van der Waals surface area contributed by atoms with Gasteiger partial charge in [0.05, 0.1) is 27.4 Å². The van der Waals surface area contributed by atoms with E-state index in [4.69, 9.17) is 14.2 Å². The van der Waals surface area contributed by atoms with E-state index in [2.05, 4.69) is 0 Å². The van der Waals surface area contributed by atoms with E-state index < -0.39 is 0 Å². The Balaban J connectivity index is 1.83. The van der Waals surface area contributed by atoms with Gasteiger partial charge >= 0.3 is 0 Å². The minimum absolute atomic E-state index is 0.0409. The van der Waals surface area contributed by atoms with Crippen LogP contribution in [0.3, 0.4) is 0 Å². The lowest BCUT2D eigenvalue weighted by molar-refractivity contribution is -0.0228. The van der Waals surface area contributed by atoms with Gasteiger partial charge in [-0.3, -0.25) is 4.79 Å². The summed E-state index contributed by atoms with van der Waals surface area (Å²) in [5.74, 6) is 1.26. The van der Waals surface area contributed by atoms with E-state index in [1.165, 1.54) is 0 Å². The third kappa shape index (κ3) is 3.61. The number of methoxy groups -OCH3 is 2. The molecule has 1 atom stereocenters. The summed E-state index contributed by atoms with van der Waals surface area (Å²) in [7, 11) is 3.19. The average Bonchev–Trinajstić information content (AvgIpc) is 2.68. The number of hydrogen-bond acceptors (Lipinski definition) is 4. The number of nitrogens with zero attached hydrogens (tertiary/aromatic N) is 1. The number of hydrogen-bond donors (Lipinski definition) is 0. The van der Waals surface area contributed by atoms with Crippen LogP contribution in [0.4, 0.5) is 0 Å². The largest absolute Gasteiger partial charge is 0.496 e. The summed E-state index contributed by atoms with van der Waals surface area (Å²) in [5, 5.41) is 0. The summed E-state index contributed by atoms with van der Waals surface area (Å²) in [6.07, 6.45) is -0.104. The van der Waals surface area contributed by atoms with Gasteiger partial charge in [0.15, 0.2) is 0 Å². The quantitative estimate of drug-likeness (QED) is 0.857. The summed E-state index contributed by atoms with van der Waals surface area (Å²) in [6.45, 7) is 3.53. The Labute approximate surface area is 148 Å². The molecule has 0 aliphatic carbocycles. The number of carbonyl (C=O) groups excluding carboxylic acids is 1. The Kier molecular flexibility index (Phi) is 5.24. The van der Waals surface area contributed by atoms with Gasteiger partial charge in [0, 0.05) is 17.7 Å². The van der Waals surface area contributed by atoms with E-state index in [1.807, 2.05) is 42.2 Å². The molecule has 1 aliphatic heterocycles. The first kappa shape index (κ1) is 17.3. The molecule has 5 heteroatoms. The van der Waals surface area contributed by atoms with Gasteiger partial charge in [-0.1, -0.05) is 30.3 Å². The summed E-state index contributed by atoms with van der Waals surface area (Å²) < 4.78 is 16.6. The van der Waals surface area contributed by atoms with Crippen LogP contribution < -0.4 is 9.47 Å². The van der Waals surface area contributed by atoms with Crippen LogP contribution >= 0.6 is 0 Å². The highest BCUT2D eigenvalue weighted by Gasteiger charge is 2.27. The Morgan fingerprint density at radius 2 is 1.76 bits per heavy atom. The Bertz CT molecular complexity index is 720. The first-order chi connectivity index (χ1) is 12.1. The number of benzene rings is 2. The molecule has 0 radical (unpaired) electrons. The molecule has 0 saturated carbocycles. The van der Waals surface area contributed by atoms with Crippen LogP contribution in [-0.2, 0) is 4.74 Å². The molecule has 0 aromatic heterocycles. The fraction of sp³-hybridized carbons (Fsp3) is 0.350. The lowest BCUT2D eigenvalue weighted by atomic mass is 10.1. The minimum Gasteiger partial charge on any atom is -0.496 e. The zero-order valence-corrected chi connectivity index (χ0v) is 14.8. The maximum absolute atomic E-state index is 13.0. The van der Waals surface area contributed by atoms with Crippen molar-refractivity contribution in [3.05, 3.63) is 59.2 Å². The molecular weight excluding hydrogens is 318 g/mol. The van der Waals surface area contributed by atoms with Gasteiger partial charge in [0.1, 0.15) is 17.6 Å². The number of carbonyl (C=O) groups is 1. The van der Waals surface area contributed by atoms with Crippen molar-refractivity contribution in [3.8, 4) is 11.5 Å². The fourth-order valence-electron chi connectivity index (χ4n) is 3.10. The van der Waals surface area contributed by atoms with Gasteiger partial charge in [-0.05, 0) is 24.6 Å². The van der Waals surface area contributed by atoms with Crippen LogP contribution in [0.1, 0.15) is 27.6 Å². The molecule has 2 aromatic carbocycles. The van der Waals surface area contributed by atoms with Crippen LogP contribution in [0.25, 0.3) is 0 Å². The van der Waals surface area contributed by atoms with E-state index >= 15 is 0 Å². The number of rotatable bonds is 4. The van der Waals surface area contributed by atoms with E-state index in [-0.39, 0.29) is 12.0 Å². The summed E-state index contributed by atoms with van der Waals surface area (Å²) >= 11 is 0. The van der Waals surface area contributed by atoms with Crippen molar-refractivity contribution in [3.63, 3.8) is 0 Å². The lowest BCUT2D eigenvalue weighted by Gasteiger charge is -2.33. The van der Waals surface area contributed by atoms with Gasteiger partial charge in [-0.25, -0.2) is 0 Å². The SMILES string of the molecule is COc1cc(C(=O)N2CCOC(c3ccccc3)C2)cc(OC)c1C. The predicted molar refractivity (Wildman–Crippen MR) is 95.3 cm³/mol. The standard InChI is InChI=1S/C20H23NO4/c1-14-17(23-2)11-16(12-18(14)24-3)20(22)21-9-10-25-19(13-21)15-7-5-4-6-8-15/h4-8,11-12,19H,9-10,13H2,1-3H3. The first-order valence-electron chi connectivity index (χ1n) is 8.32. The summed E-state index contributed by atoms with van der Waals surface area (Å²) in [5.41, 5.74) is 2.53. The Morgan fingerprint density at radius 1 is 1.12 bits per heavy atom. The molecule has 5 nitrogen and oxygen atoms in total. The topological polar surface area (TPSA) is 48.0 Å². The molecule has 1 heterocycles. The van der Waals surface area contributed by atoms with Gasteiger partial charge < -0.3 is 19.1 Å². The second kappa shape index (κ2) is 7.57.